The van der Waals surface area contributed by atoms with Crippen molar-refractivity contribution >= 4 is 5.91 Å². The predicted octanol–water partition coefficient (Wildman–Crippen LogP) is 0.710. The van der Waals surface area contributed by atoms with E-state index in [0.29, 0.717) is 25.1 Å². The van der Waals surface area contributed by atoms with Gasteiger partial charge in [-0.2, -0.15) is 0 Å². The number of aliphatic hydroxyl groups excluding tert-OH is 1. The van der Waals surface area contributed by atoms with Gasteiger partial charge in [-0.3, -0.25) is 4.79 Å². The number of aromatic nitrogens is 2. The minimum atomic E-state index is -0.281. The molecule has 1 amide bonds. The Morgan fingerprint density at radius 2 is 2.24 bits per heavy atom. The molecule has 1 N–H and O–H groups in total. The second-order valence-electron chi connectivity index (χ2n) is 4.40. The van der Waals surface area contributed by atoms with Gasteiger partial charge in [-0.1, -0.05) is 6.92 Å². The zero-order chi connectivity index (χ0) is 12.3. The molecule has 0 aliphatic carbocycles. The van der Waals surface area contributed by atoms with E-state index in [1.54, 1.807) is 4.90 Å². The molecule has 0 saturated carbocycles. The Morgan fingerprint density at radius 1 is 1.53 bits per heavy atom. The predicted molar refractivity (Wildman–Crippen MR) is 62.3 cm³/mol. The first-order valence-corrected chi connectivity index (χ1v) is 5.94. The van der Waals surface area contributed by atoms with Crippen molar-refractivity contribution in [2.75, 3.05) is 13.1 Å². The quantitative estimate of drug-likeness (QED) is 0.819. The molecular formula is C12H17N3O2. The number of nitrogens with zero attached hydrogens (tertiary/aromatic N) is 3. The lowest BCUT2D eigenvalue weighted by molar-refractivity contribution is 0.0228. The highest BCUT2D eigenvalue weighted by atomic mass is 16.3. The molecule has 5 nitrogen and oxygen atoms in total. The summed E-state index contributed by atoms with van der Waals surface area (Å²) in [5.41, 5.74) is 0.513. The van der Waals surface area contributed by atoms with Crippen LogP contribution < -0.4 is 0 Å². The maximum Gasteiger partial charge on any atom is 0.257 e. The molecule has 1 aromatic rings. The van der Waals surface area contributed by atoms with Gasteiger partial charge < -0.3 is 10.0 Å². The number of carbonyl (C=O) groups is 1. The molecule has 0 aromatic carbocycles. The molecule has 0 spiro atoms. The Balaban J connectivity index is 2.06. The summed E-state index contributed by atoms with van der Waals surface area (Å²) >= 11 is 0. The van der Waals surface area contributed by atoms with Crippen LogP contribution >= 0.6 is 0 Å². The summed E-state index contributed by atoms with van der Waals surface area (Å²) in [6.45, 7) is 3.25. The molecule has 1 aliphatic rings. The number of hydrogen-bond acceptors (Lipinski definition) is 4. The molecule has 1 aliphatic heterocycles. The Morgan fingerprint density at radius 3 is 2.88 bits per heavy atom. The molecule has 1 saturated heterocycles. The average molecular weight is 235 g/mol. The molecular weight excluding hydrogens is 218 g/mol. The fourth-order valence-corrected chi connectivity index (χ4v) is 2.20. The zero-order valence-corrected chi connectivity index (χ0v) is 9.91. The Bertz CT molecular complexity index is 383. The summed E-state index contributed by atoms with van der Waals surface area (Å²) in [6, 6.07) is 0. The second kappa shape index (κ2) is 5.23. The van der Waals surface area contributed by atoms with Gasteiger partial charge in [-0.15, -0.1) is 0 Å². The molecule has 0 bridgehead atoms. The summed E-state index contributed by atoms with van der Waals surface area (Å²) in [5.74, 6) is 0.133. The standard InChI is InChI=1S/C12H17N3O2/c1-2-9-7-15(4-3-11(9)16)12(17)10-5-13-8-14-6-10/h5-6,8-9,11,16H,2-4,7H2,1H3. The average Bonchev–Trinajstić information content (AvgIpc) is 2.39. The highest BCUT2D eigenvalue weighted by Gasteiger charge is 2.29. The number of amides is 1. The third-order valence-corrected chi connectivity index (χ3v) is 3.31. The van der Waals surface area contributed by atoms with Crippen LogP contribution in [-0.2, 0) is 0 Å². The summed E-state index contributed by atoms with van der Waals surface area (Å²) < 4.78 is 0. The lowest BCUT2D eigenvalue weighted by atomic mass is 9.92. The van der Waals surface area contributed by atoms with Crippen LogP contribution in [0, 0.1) is 5.92 Å². The molecule has 2 heterocycles. The minimum absolute atomic E-state index is 0.0454. The number of likely N-dealkylation sites (tertiary alicyclic amines) is 1. The maximum atomic E-state index is 12.1. The fraction of sp³-hybridized carbons (Fsp3) is 0.583. The van der Waals surface area contributed by atoms with E-state index in [4.69, 9.17) is 0 Å². The zero-order valence-electron chi connectivity index (χ0n) is 9.91. The van der Waals surface area contributed by atoms with Gasteiger partial charge in [-0.05, 0) is 12.8 Å². The summed E-state index contributed by atoms with van der Waals surface area (Å²) in [5, 5.41) is 9.78. The third kappa shape index (κ3) is 2.61. The van der Waals surface area contributed by atoms with Gasteiger partial charge in [-0.25, -0.2) is 9.97 Å². The fourth-order valence-electron chi connectivity index (χ4n) is 2.20. The van der Waals surface area contributed by atoms with Crippen molar-refractivity contribution in [3.8, 4) is 0 Å². The van der Waals surface area contributed by atoms with E-state index in [2.05, 4.69) is 9.97 Å². The van der Waals surface area contributed by atoms with Crippen LogP contribution in [0.1, 0.15) is 30.1 Å². The van der Waals surface area contributed by atoms with Crippen LogP contribution in [0.2, 0.25) is 0 Å². The highest BCUT2D eigenvalue weighted by Crippen LogP contribution is 2.21. The number of piperidine rings is 1. The number of rotatable bonds is 2. The Labute approximate surface area is 100 Å². The smallest absolute Gasteiger partial charge is 0.257 e. The van der Waals surface area contributed by atoms with E-state index >= 15 is 0 Å². The second-order valence-corrected chi connectivity index (χ2v) is 4.40. The van der Waals surface area contributed by atoms with E-state index in [-0.39, 0.29) is 17.9 Å². The van der Waals surface area contributed by atoms with Crippen LogP contribution in [-0.4, -0.2) is 45.1 Å². The van der Waals surface area contributed by atoms with Gasteiger partial charge >= 0.3 is 0 Å². The van der Waals surface area contributed by atoms with Crippen molar-refractivity contribution in [1.29, 1.82) is 0 Å². The van der Waals surface area contributed by atoms with Crippen LogP contribution in [0.5, 0.6) is 0 Å². The van der Waals surface area contributed by atoms with Crippen molar-refractivity contribution in [2.24, 2.45) is 5.92 Å². The molecule has 2 rings (SSSR count). The number of hydrogen-bond donors (Lipinski definition) is 1. The van der Waals surface area contributed by atoms with Crippen molar-refractivity contribution in [3.05, 3.63) is 24.3 Å². The Kier molecular flexibility index (Phi) is 3.68. The molecule has 2 unspecified atom stereocenters. The number of carbonyl (C=O) groups excluding carboxylic acids is 1. The topological polar surface area (TPSA) is 66.3 Å². The molecule has 2 atom stereocenters. The van der Waals surface area contributed by atoms with Gasteiger partial charge in [0.2, 0.25) is 0 Å². The molecule has 17 heavy (non-hydrogen) atoms. The molecule has 5 heteroatoms. The molecule has 1 fully saturated rings. The van der Waals surface area contributed by atoms with Crippen LogP contribution in [0.4, 0.5) is 0 Å². The van der Waals surface area contributed by atoms with Gasteiger partial charge in [0, 0.05) is 31.4 Å². The Hall–Kier alpha value is -1.49. The van der Waals surface area contributed by atoms with Gasteiger partial charge in [0.15, 0.2) is 0 Å². The van der Waals surface area contributed by atoms with Gasteiger partial charge in [0.1, 0.15) is 6.33 Å². The normalized spacial score (nSPS) is 24.7. The SMILES string of the molecule is CCC1CN(C(=O)c2cncnc2)CCC1O. The molecule has 1 aromatic heterocycles. The highest BCUT2D eigenvalue weighted by molar-refractivity contribution is 5.93. The van der Waals surface area contributed by atoms with Crippen molar-refractivity contribution in [3.63, 3.8) is 0 Å². The van der Waals surface area contributed by atoms with Crippen molar-refractivity contribution in [2.45, 2.75) is 25.9 Å². The van der Waals surface area contributed by atoms with Crippen molar-refractivity contribution < 1.29 is 9.90 Å². The molecule has 0 radical (unpaired) electrons. The lowest BCUT2D eigenvalue weighted by Crippen LogP contribution is -2.45. The monoisotopic (exact) mass is 235 g/mol. The van der Waals surface area contributed by atoms with E-state index in [1.807, 2.05) is 6.92 Å². The van der Waals surface area contributed by atoms with Crippen LogP contribution in [0.3, 0.4) is 0 Å². The van der Waals surface area contributed by atoms with E-state index in [0.717, 1.165) is 6.42 Å². The van der Waals surface area contributed by atoms with E-state index in [9.17, 15) is 9.90 Å². The first kappa shape index (κ1) is 12.0. The van der Waals surface area contributed by atoms with E-state index < -0.39 is 0 Å². The summed E-state index contributed by atoms with van der Waals surface area (Å²) in [6.07, 6.45) is 5.72. The summed E-state index contributed by atoms with van der Waals surface area (Å²) in [7, 11) is 0. The largest absolute Gasteiger partial charge is 0.393 e. The maximum absolute atomic E-state index is 12.1. The number of aliphatic hydroxyl groups is 1. The first-order valence-electron chi connectivity index (χ1n) is 5.94. The van der Waals surface area contributed by atoms with Gasteiger partial charge in [0.05, 0.1) is 11.7 Å². The van der Waals surface area contributed by atoms with Crippen LogP contribution in [0.25, 0.3) is 0 Å². The lowest BCUT2D eigenvalue weighted by Gasteiger charge is -2.35. The molecule has 92 valence electrons. The van der Waals surface area contributed by atoms with E-state index in [1.165, 1.54) is 18.7 Å². The third-order valence-electron chi connectivity index (χ3n) is 3.31. The first-order chi connectivity index (χ1) is 8.22. The van der Waals surface area contributed by atoms with Crippen LogP contribution in [0.15, 0.2) is 18.7 Å². The minimum Gasteiger partial charge on any atom is -0.393 e. The van der Waals surface area contributed by atoms with Gasteiger partial charge in [0.25, 0.3) is 5.91 Å². The van der Waals surface area contributed by atoms with Crippen molar-refractivity contribution in [1.82, 2.24) is 14.9 Å². The summed E-state index contributed by atoms with van der Waals surface area (Å²) in [4.78, 5) is 21.6.